The number of hydrogen-bond acceptors (Lipinski definition) is 5. The van der Waals surface area contributed by atoms with Crippen LogP contribution in [0.1, 0.15) is 62.1 Å². The fourth-order valence-electron chi connectivity index (χ4n) is 4.78. The van der Waals surface area contributed by atoms with E-state index in [4.69, 9.17) is 4.74 Å². The SMILES string of the molecule is Fc1ccc(-c2ncnc3nc4n(c23)CCC4)c(F)c1.c1nn(C2CC2)cc1[C@H]1CCCCO1. The first-order valence-corrected chi connectivity index (χ1v) is 12.0. The van der Waals surface area contributed by atoms with Crippen molar-refractivity contribution in [3.63, 3.8) is 0 Å². The minimum absolute atomic E-state index is 0.272. The van der Waals surface area contributed by atoms with Crippen LogP contribution in [0.25, 0.3) is 22.4 Å². The Balaban J connectivity index is 0.000000136. The third-order valence-corrected chi connectivity index (χ3v) is 6.68. The van der Waals surface area contributed by atoms with Gasteiger partial charge in [0, 0.05) is 43.0 Å². The standard InChI is InChI=1S/C14H10F2N4.C11H16N2O/c15-8-3-4-9(10(16)6-8)12-13-14(18-7-17-12)19-11-2-1-5-20(11)13;1-2-6-14-11(3-1)9-7-12-13(8-9)10-4-5-10/h3-4,6-7H,1-2,5H2;7-8,10-11H,1-6H2/t;11-/m.1/s1. The molecule has 1 atom stereocenters. The number of aryl methyl sites for hydroxylation is 2. The van der Waals surface area contributed by atoms with Crippen LogP contribution in [0.15, 0.2) is 36.9 Å². The molecule has 3 aromatic heterocycles. The van der Waals surface area contributed by atoms with Gasteiger partial charge in [-0.05, 0) is 50.7 Å². The lowest BCUT2D eigenvalue weighted by Gasteiger charge is -2.21. The first kappa shape index (κ1) is 21.3. The molecule has 7 rings (SSSR count). The summed E-state index contributed by atoms with van der Waals surface area (Å²) in [5.41, 5.74) is 3.30. The van der Waals surface area contributed by atoms with Gasteiger partial charge in [-0.25, -0.2) is 23.7 Å². The minimum Gasteiger partial charge on any atom is -0.373 e. The van der Waals surface area contributed by atoms with Gasteiger partial charge in [0.2, 0.25) is 0 Å². The van der Waals surface area contributed by atoms with E-state index < -0.39 is 11.6 Å². The van der Waals surface area contributed by atoms with E-state index in [0.717, 1.165) is 49.8 Å². The highest BCUT2D eigenvalue weighted by molar-refractivity contribution is 5.88. The molecule has 34 heavy (non-hydrogen) atoms. The van der Waals surface area contributed by atoms with Crippen molar-refractivity contribution < 1.29 is 13.5 Å². The normalized spacial score (nSPS) is 19.6. The van der Waals surface area contributed by atoms with Crippen molar-refractivity contribution in [1.29, 1.82) is 0 Å². The van der Waals surface area contributed by atoms with Crippen LogP contribution in [0.2, 0.25) is 0 Å². The number of hydrogen-bond donors (Lipinski definition) is 0. The monoisotopic (exact) mass is 464 g/mol. The summed E-state index contributed by atoms with van der Waals surface area (Å²) in [7, 11) is 0. The number of ether oxygens (including phenoxy) is 1. The molecule has 1 aliphatic carbocycles. The van der Waals surface area contributed by atoms with Crippen LogP contribution in [0, 0.1) is 11.6 Å². The smallest absolute Gasteiger partial charge is 0.181 e. The van der Waals surface area contributed by atoms with Gasteiger partial charge in [0.1, 0.15) is 35.0 Å². The summed E-state index contributed by atoms with van der Waals surface area (Å²) < 4.78 is 36.9. The van der Waals surface area contributed by atoms with Gasteiger partial charge in [0.05, 0.1) is 18.3 Å². The number of rotatable bonds is 3. The molecule has 0 amide bonds. The molecule has 0 unspecified atom stereocenters. The molecular weight excluding hydrogens is 438 g/mol. The van der Waals surface area contributed by atoms with Gasteiger partial charge in [0.15, 0.2) is 5.65 Å². The van der Waals surface area contributed by atoms with E-state index in [1.54, 1.807) is 0 Å². The van der Waals surface area contributed by atoms with Crippen molar-refractivity contribution >= 4 is 11.2 Å². The molecule has 1 aromatic carbocycles. The molecule has 9 heteroatoms. The summed E-state index contributed by atoms with van der Waals surface area (Å²) in [6.45, 7) is 1.74. The van der Waals surface area contributed by atoms with Crippen molar-refractivity contribution in [2.75, 3.05) is 6.61 Å². The molecule has 7 nitrogen and oxygen atoms in total. The number of aromatic nitrogens is 6. The number of benzene rings is 1. The molecular formula is C25H26F2N6O. The van der Waals surface area contributed by atoms with Crippen LogP contribution in [-0.4, -0.2) is 35.9 Å². The molecule has 1 saturated heterocycles. The zero-order valence-corrected chi connectivity index (χ0v) is 18.8. The lowest BCUT2D eigenvalue weighted by molar-refractivity contribution is 0.0149. The number of halogens is 2. The summed E-state index contributed by atoms with van der Waals surface area (Å²) in [6, 6.07) is 4.19. The van der Waals surface area contributed by atoms with Crippen molar-refractivity contribution in [2.24, 2.45) is 0 Å². The predicted octanol–water partition coefficient (Wildman–Crippen LogP) is 5.18. The average Bonchev–Trinajstić information content (AvgIpc) is 3.25. The van der Waals surface area contributed by atoms with Crippen LogP contribution < -0.4 is 0 Å². The van der Waals surface area contributed by atoms with Gasteiger partial charge >= 0.3 is 0 Å². The first-order chi connectivity index (χ1) is 16.7. The van der Waals surface area contributed by atoms with Crippen molar-refractivity contribution in [3.05, 3.63) is 59.9 Å². The van der Waals surface area contributed by atoms with Crippen molar-refractivity contribution in [3.8, 4) is 11.3 Å². The number of nitrogens with zero attached hydrogens (tertiary/aromatic N) is 6. The van der Waals surface area contributed by atoms with Gasteiger partial charge in [-0.15, -0.1) is 0 Å². The van der Waals surface area contributed by atoms with E-state index >= 15 is 0 Å². The molecule has 0 spiro atoms. The highest BCUT2D eigenvalue weighted by Crippen LogP contribution is 2.36. The van der Waals surface area contributed by atoms with Gasteiger partial charge < -0.3 is 9.30 Å². The van der Waals surface area contributed by atoms with Crippen LogP contribution in [0.4, 0.5) is 8.78 Å². The van der Waals surface area contributed by atoms with Crippen molar-refractivity contribution in [2.45, 2.75) is 63.6 Å². The Kier molecular flexibility index (Phi) is 5.57. The molecule has 1 saturated carbocycles. The van der Waals surface area contributed by atoms with Crippen LogP contribution >= 0.6 is 0 Å². The third kappa shape index (κ3) is 4.09. The second kappa shape index (κ2) is 8.87. The van der Waals surface area contributed by atoms with E-state index in [2.05, 4.69) is 30.9 Å². The molecule has 176 valence electrons. The second-order valence-corrected chi connectivity index (χ2v) is 9.14. The Bertz CT molecular complexity index is 1320. The molecule has 0 radical (unpaired) electrons. The van der Waals surface area contributed by atoms with Gasteiger partial charge in [-0.2, -0.15) is 5.10 Å². The highest BCUT2D eigenvalue weighted by Gasteiger charge is 2.26. The van der Waals surface area contributed by atoms with E-state index in [0.29, 0.717) is 23.5 Å². The second-order valence-electron chi connectivity index (χ2n) is 9.14. The quantitative estimate of drug-likeness (QED) is 0.418. The largest absolute Gasteiger partial charge is 0.373 e. The van der Waals surface area contributed by atoms with Crippen LogP contribution in [0.5, 0.6) is 0 Å². The predicted molar refractivity (Wildman–Crippen MR) is 122 cm³/mol. The minimum atomic E-state index is -0.626. The van der Waals surface area contributed by atoms with E-state index in [1.165, 1.54) is 49.7 Å². The lowest BCUT2D eigenvalue weighted by atomic mass is 10.0. The Morgan fingerprint density at radius 1 is 1.03 bits per heavy atom. The maximum Gasteiger partial charge on any atom is 0.181 e. The number of fused-ring (bicyclic) bond motifs is 3. The molecule has 0 N–H and O–H groups in total. The zero-order chi connectivity index (χ0) is 23.1. The van der Waals surface area contributed by atoms with Gasteiger partial charge in [-0.3, -0.25) is 4.68 Å². The summed E-state index contributed by atoms with van der Waals surface area (Å²) in [6.07, 6.45) is 14.0. The third-order valence-electron chi connectivity index (χ3n) is 6.68. The topological polar surface area (TPSA) is 70.7 Å². The maximum absolute atomic E-state index is 14.0. The maximum atomic E-state index is 14.0. The first-order valence-electron chi connectivity index (χ1n) is 12.0. The fourth-order valence-corrected chi connectivity index (χ4v) is 4.78. The van der Waals surface area contributed by atoms with Gasteiger partial charge in [0.25, 0.3) is 0 Å². The van der Waals surface area contributed by atoms with Gasteiger partial charge in [-0.1, -0.05) is 0 Å². The Morgan fingerprint density at radius 3 is 2.74 bits per heavy atom. The average molecular weight is 465 g/mol. The highest BCUT2D eigenvalue weighted by atomic mass is 19.1. The Hall–Kier alpha value is -3.20. The molecule has 3 aliphatic rings. The van der Waals surface area contributed by atoms with E-state index in [9.17, 15) is 8.78 Å². The fraction of sp³-hybridized carbons (Fsp3) is 0.440. The van der Waals surface area contributed by atoms with E-state index in [1.807, 2.05) is 10.8 Å². The molecule has 0 bridgehead atoms. The summed E-state index contributed by atoms with van der Waals surface area (Å²) in [4.78, 5) is 12.8. The lowest BCUT2D eigenvalue weighted by Crippen LogP contribution is -2.10. The summed E-state index contributed by atoms with van der Waals surface area (Å²) in [5, 5.41) is 4.39. The van der Waals surface area contributed by atoms with E-state index in [-0.39, 0.29) is 5.56 Å². The Labute approximate surface area is 195 Å². The molecule has 2 fully saturated rings. The zero-order valence-electron chi connectivity index (χ0n) is 18.8. The van der Waals surface area contributed by atoms with Crippen LogP contribution in [0.3, 0.4) is 0 Å². The Morgan fingerprint density at radius 2 is 1.94 bits per heavy atom. The van der Waals surface area contributed by atoms with Crippen LogP contribution in [-0.2, 0) is 17.7 Å². The summed E-state index contributed by atoms with van der Waals surface area (Å²) in [5.74, 6) is -0.280. The molecule has 2 aliphatic heterocycles. The van der Waals surface area contributed by atoms with Crippen molar-refractivity contribution in [1.82, 2.24) is 29.3 Å². The molecule has 4 aromatic rings. The summed E-state index contributed by atoms with van der Waals surface area (Å²) >= 11 is 0. The molecule has 5 heterocycles. The number of imidazole rings is 1.